The second kappa shape index (κ2) is 12.1. The highest BCUT2D eigenvalue weighted by molar-refractivity contribution is 5.81. The van der Waals surface area contributed by atoms with Gasteiger partial charge in [-0.15, -0.1) is 0 Å². The SMILES string of the molecule is CCNC(=NCc1ccc(OCC)c(F)c1)NCCC(=O)N(CC)CC. The van der Waals surface area contributed by atoms with Crippen molar-refractivity contribution in [3.05, 3.63) is 29.6 Å². The minimum Gasteiger partial charge on any atom is -0.491 e. The molecular formula is C19H31FN4O2. The largest absolute Gasteiger partial charge is 0.491 e. The van der Waals surface area contributed by atoms with E-state index in [1.165, 1.54) is 6.07 Å². The minimum atomic E-state index is -0.387. The van der Waals surface area contributed by atoms with Crippen molar-refractivity contribution in [1.29, 1.82) is 0 Å². The molecule has 1 amide bonds. The maximum absolute atomic E-state index is 13.9. The van der Waals surface area contributed by atoms with E-state index < -0.39 is 0 Å². The predicted molar refractivity (Wildman–Crippen MR) is 103 cm³/mol. The molecule has 26 heavy (non-hydrogen) atoms. The molecule has 0 aromatic heterocycles. The third-order valence-electron chi connectivity index (χ3n) is 3.81. The van der Waals surface area contributed by atoms with Gasteiger partial charge in [0.15, 0.2) is 17.5 Å². The molecule has 0 radical (unpaired) electrons. The Morgan fingerprint density at radius 2 is 1.92 bits per heavy atom. The van der Waals surface area contributed by atoms with Gasteiger partial charge in [0.25, 0.3) is 0 Å². The lowest BCUT2D eigenvalue weighted by molar-refractivity contribution is -0.130. The summed E-state index contributed by atoms with van der Waals surface area (Å²) in [7, 11) is 0. The summed E-state index contributed by atoms with van der Waals surface area (Å²) in [5, 5.41) is 6.27. The third-order valence-corrected chi connectivity index (χ3v) is 3.81. The number of rotatable bonds is 10. The summed E-state index contributed by atoms with van der Waals surface area (Å²) < 4.78 is 19.1. The second-order valence-electron chi connectivity index (χ2n) is 5.64. The lowest BCUT2D eigenvalue weighted by Gasteiger charge is -2.19. The summed E-state index contributed by atoms with van der Waals surface area (Å²) in [6.07, 6.45) is 0.407. The van der Waals surface area contributed by atoms with Crippen molar-refractivity contribution >= 4 is 11.9 Å². The molecule has 0 heterocycles. The van der Waals surface area contributed by atoms with Crippen LogP contribution >= 0.6 is 0 Å². The second-order valence-corrected chi connectivity index (χ2v) is 5.64. The van der Waals surface area contributed by atoms with Crippen molar-refractivity contribution in [2.24, 2.45) is 4.99 Å². The number of carbonyl (C=O) groups is 1. The van der Waals surface area contributed by atoms with Crippen LogP contribution in [0.3, 0.4) is 0 Å². The Hall–Kier alpha value is -2.31. The normalized spacial score (nSPS) is 11.2. The van der Waals surface area contributed by atoms with Crippen LogP contribution in [0, 0.1) is 5.82 Å². The highest BCUT2D eigenvalue weighted by Gasteiger charge is 2.09. The Kier molecular flexibility index (Phi) is 10.1. The molecule has 0 bridgehead atoms. The first kappa shape index (κ1) is 21.7. The van der Waals surface area contributed by atoms with Gasteiger partial charge in [-0.25, -0.2) is 9.38 Å². The summed E-state index contributed by atoms with van der Waals surface area (Å²) in [5.41, 5.74) is 0.752. The van der Waals surface area contributed by atoms with Crippen LogP contribution in [0.4, 0.5) is 4.39 Å². The molecule has 0 aliphatic carbocycles. The first-order chi connectivity index (χ1) is 12.5. The summed E-state index contributed by atoms with van der Waals surface area (Å²) in [5.74, 6) is 0.587. The number of carbonyl (C=O) groups excluding carboxylic acids is 1. The average molecular weight is 366 g/mol. The first-order valence-electron chi connectivity index (χ1n) is 9.26. The molecule has 1 aromatic rings. The van der Waals surface area contributed by atoms with E-state index in [0.717, 1.165) is 5.56 Å². The smallest absolute Gasteiger partial charge is 0.224 e. The number of ether oxygens (including phenoxy) is 1. The van der Waals surface area contributed by atoms with Crippen LogP contribution in [0.25, 0.3) is 0 Å². The van der Waals surface area contributed by atoms with Gasteiger partial charge in [0, 0.05) is 32.6 Å². The zero-order chi connectivity index (χ0) is 19.4. The first-order valence-corrected chi connectivity index (χ1v) is 9.26. The molecular weight excluding hydrogens is 335 g/mol. The van der Waals surface area contributed by atoms with Crippen LogP contribution in [0.1, 0.15) is 39.7 Å². The van der Waals surface area contributed by atoms with E-state index in [2.05, 4.69) is 15.6 Å². The van der Waals surface area contributed by atoms with Crippen LogP contribution in [0.5, 0.6) is 5.75 Å². The third kappa shape index (κ3) is 7.29. The fourth-order valence-electron chi connectivity index (χ4n) is 2.45. The van der Waals surface area contributed by atoms with E-state index in [9.17, 15) is 9.18 Å². The molecule has 0 atom stereocenters. The molecule has 0 spiro atoms. The highest BCUT2D eigenvalue weighted by atomic mass is 19.1. The number of hydrogen-bond donors (Lipinski definition) is 2. The van der Waals surface area contributed by atoms with Gasteiger partial charge in [-0.3, -0.25) is 4.79 Å². The van der Waals surface area contributed by atoms with Crippen molar-refractivity contribution in [2.75, 3.05) is 32.8 Å². The van der Waals surface area contributed by atoms with Gasteiger partial charge in [-0.1, -0.05) is 6.07 Å². The molecule has 0 aliphatic heterocycles. The average Bonchev–Trinajstić information content (AvgIpc) is 2.63. The quantitative estimate of drug-likeness (QED) is 0.493. The molecule has 7 heteroatoms. The Morgan fingerprint density at radius 1 is 1.19 bits per heavy atom. The molecule has 0 aliphatic rings. The summed E-state index contributed by atoms with van der Waals surface area (Å²) in [6.45, 7) is 11.1. The zero-order valence-corrected chi connectivity index (χ0v) is 16.3. The number of hydrogen-bond acceptors (Lipinski definition) is 3. The van der Waals surface area contributed by atoms with Gasteiger partial charge >= 0.3 is 0 Å². The van der Waals surface area contributed by atoms with Gasteiger partial charge in [-0.2, -0.15) is 0 Å². The van der Waals surface area contributed by atoms with Crippen molar-refractivity contribution in [1.82, 2.24) is 15.5 Å². The van der Waals surface area contributed by atoms with Crippen LogP contribution < -0.4 is 15.4 Å². The molecule has 1 rings (SSSR count). The van der Waals surface area contributed by atoms with Crippen LogP contribution in [0.15, 0.2) is 23.2 Å². The lowest BCUT2D eigenvalue weighted by Crippen LogP contribution is -2.40. The van der Waals surface area contributed by atoms with Crippen molar-refractivity contribution in [3.63, 3.8) is 0 Å². The molecule has 0 unspecified atom stereocenters. The van der Waals surface area contributed by atoms with Gasteiger partial charge in [0.05, 0.1) is 13.2 Å². The van der Waals surface area contributed by atoms with Crippen LogP contribution in [-0.2, 0) is 11.3 Å². The number of halogens is 1. The van der Waals surface area contributed by atoms with E-state index in [-0.39, 0.29) is 17.5 Å². The number of aliphatic imine (C=N–C) groups is 1. The highest BCUT2D eigenvalue weighted by Crippen LogP contribution is 2.18. The van der Waals surface area contributed by atoms with Crippen LogP contribution in [0.2, 0.25) is 0 Å². The number of guanidine groups is 1. The van der Waals surface area contributed by atoms with Gasteiger partial charge < -0.3 is 20.3 Å². The van der Waals surface area contributed by atoms with Gasteiger partial charge in [0.2, 0.25) is 5.91 Å². The molecule has 0 saturated heterocycles. The number of amides is 1. The summed E-state index contributed by atoms with van der Waals surface area (Å²) >= 11 is 0. The fourth-order valence-corrected chi connectivity index (χ4v) is 2.45. The fraction of sp³-hybridized carbons (Fsp3) is 0.579. The maximum Gasteiger partial charge on any atom is 0.224 e. The van der Waals surface area contributed by atoms with Crippen molar-refractivity contribution in [2.45, 2.75) is 40.7 Å². The Labute approximate surface area is 155 Å². The molecule has 0 fully saturated rings. The molecule has 6 nitrogen and oxygen atoms in total. The van der Waals surface area contributed by atoms with Gasteiger partial charge in [0.1, 0.15) is 0 Å². The molecule has 1 aromatic carbocycles. The van der Waals surface area contributed by atoms with E-state index in [1.807, 2.05) is 27.7 Å². The zero-order valence-electron chi connectivity index (χ0n) is 16.3. The van der Waals surface area contributed by atoms with Crippen molar-refractivity contribution < 1.29 is 13.9 Å². The van der Waals surface area contributed by atoms with E-state index in [0.29, 0.717) is 51.7 Å². The van der Waals surface area contributed by atoms with Crippen LogP contribution in [-0.4, -0.2) is 49.6 Å². The van der Waals surface area contributed by atoms with Gasteiger partial charge in [-0.05, 0) is 45.4 Å². The maximum atomic E-state index is 13.9. The lowest BCUT2D eigenvalue weighted by atomic mass is 10.2. The molecule has 146 valence electrons. The number of nitrogens with one attached hydrogen (secondary N) is 2. The summed E-state index contributed by atoms with van der Waals surface area (Å²) in [4.78, 5) is 18.3. The standard InChI is InChI=1S/C19H31FN4O2/c1-5-21-19(22-12-11-18(25)24(6-2)7-3)23-14-15-9-10-17(26-8-4)16(20)13-15/h9-10,13H,5-8,11-12,14H2,1-4H3,(H2,21,22,23). The Balaban J connectivity index is 2.60. The molecule has 2 N–H and O–H groups in total. The Morgan fingerprint density at radius 3 is 2.50 bits per heavy atom. The van der Waals surface area contributed by atoms with E-state index in [1.54, 1.807) is 17.0 Å². The van der Waals surface area contributed by atoms with Crippen molar-refractivity contribution in [3.8, 4) is 5.75 Å². The predicted octanol–water partition coefficient (Wildman–Crippen LogP) is 2.54. The number of benzene rings is 1. The topological polar surface area (TPSA) is 66.0 Å². The number of nitrogens with zero attached hydrogens (tertiary/aromatic N) is 2. The minimum absolute atomic E-state index is 0.118. The summed E-state index contributed by atoms with van der Waals surface area (Å²) in [6, 6.07) is 4.85. The Bertz CT molecular complexity index is 589. The van der Waals surface area contributed by atoms with E-state index in [4.69, 9.17) is 4.74 Å². The van der Waals surface area contributed by atoms with E-state index >= 15 is 0 Å². The molecule has 0 saturated carbocycles. The monoisotopic (exact) mass is 366 g/mol.